The Morgan fingerprint density at radius 3 is 2.85 bits per heavy atom. The minimum Gasteiger partial charge on any atom is -0.388 e. The SMILES string of the molecule is NC(=S)c1cnc(NC2CCCc3ccccc32)cn1. The van der Waals surface area contributed by atoms with Gasteiger partial charge in [-0.05, 0) is 30.4 Å². The maximum absolute atomic E-state index is 5.52. The first-order valence-corrected chi connectivity index (χ1v) is 7.11. The van der Waals surface area contributed by atoms with Gasteiger partial charge in [-0.15, -0.1) is 0 Å². The van der Waals surface area contributed by atoms with Gasteiger partial charge in [-0.2, -0.15) is 0 Å². The zero-order valence-electron chi connectivity index (χ0n) is 11.0. The molecule has 1 aromatic carbocycles. The molecule has 1 aliphatic rings. The van der Waals surface area contributed by atoms with Crippen molar-refractivity contribution in [2.24, 2.45) is 5.73 Å². The molecule has 5 heteroatoms. The van der Waals surface area contributed by atoms with E-state index in [4.69, 9.17) is 18.0 Å². The number of anilines is 1. The number of thiocarbonyl (C=S) groups is 1. The van der Waals surface area contributed by atoms with Crippen LogP contribution in [0.15, 0.2) is 36.7 Å². The van der Waals surface area contributed by atoms with Crippen molar-refractivity contribution in [2.45, 2.75) is 25.3 Å². The highest BCUT2D eigenvalue weighted by atomic mass is 32.1. The molecule has 4 nitrogen and oxygen atoms in total. The number of nitrogens with zero attached hydrogens (tertiary/aromatic N) is 2. The Labute approximate surface area is 123 Å². The molecular formula is C15H16N4S. The van der Waals surface area contributed by atoms with E-state index in [1.165, 1.54) is 17.5 Å². The number of fused-ring (bicyclic) bond motifs is 1. The van der Waals surface area contributed by atoms with E-state index in [1.54, 1.807) is 12.4 Å². The fraction of sp³-hybridized carbons (Fsp3) is 0.267. The van der Waals surface area contributed by atoms with Crippen molar-refractivity contribution in [3.05, 3.63) is 53.5 Å². The molecular weight excluding hydrogens is 268 g/mol. The summed E-state index contributed by atoms with van der Waals surface area (Å²) in [6, 6.07) is 8.86. The van der Waals surface area contributed by atoms with Crippen molar-refractivity contribution >= 4 is 23.0 Å². The predicted octanol–water partition coefficient (Wildman–Crippen LogP) is 2.60. The van der Waals surface area contributed by atoms with Crippen LogP contribution in [0.25, 0.3) is 0 Å². The first kappa shape index (κ1) is 13.0. The van der Waals surface area contributed by atoms with Crippen LogP contribution in [0, 0.1) is 0 Å². The van der Waals surface area contributed by atoms with E-state index in [1.807, 2.05) is 0 Å². The van der Waals surface area contributed by atoms with E-state index < -0.39 is 0 Å². The molecule has 0 saturated heterocycles. The molecule has 0 radical (unpaired) electrons. The number of aryl methyl sites for hydroxylation is 1. The van der Waals surface area contributed by atoms with Gasteiger partial charge in [0.2, 0.25) is 0 Å². The van der Waals surface area contributed by atoms with Gasteiger partial charge in [0.1, 0.15) is 16.5 Å². The molecule has 102 valence electrons. The number of benzene rings is 1. The number of aromatic nitrogens is 2. The lowest BCUT2D eigenvalue weighted by atomic mass is 9.88. The average Bonchev–Trinajstić information content (AvgIpc) is 2.48. The van der Waals surface area contributed by atoms with E-state index in [-0.39, 0.29) is 4.99 Å². The van der Waals surface area contributed by atoms with Gasteiger partial charge in [-0.25, -0.2) is 9.97 Å². The van der Waals surface area contributed by atoms with Crippen molar-refractivity contribution in [2.75, 3.05) is 5.32 Å². The van der Waals surface area contributed by atoms with Crippen LogP contribution in [-0.2, 0) is 6.42 Å². The lowest BCUT2D eigenvalue weighted by Gasteiger charge is -2.26. The molecule has 0 spiro atoms. The van der Waals surface area contributed by atoms with Crippen molar-refractivity contribution < 1.29 is 0 Å². The molecule has 2 aromatic rings. The van der Waals surface area contributed by atoms with Gasteiger partial charge < -0.3 is 11.1 Å². The quantitative estimate of drug-likeness (QED) is 0.848. The molecule has 1 atom stereocenters. The summed E-state index contributed by atoms with van der Waals surface area (Å²) in [5.41, 5.74) is 8.85. The summed E-state index contributed by atoms with van der Waals surface area (Å²) >= 11 is 4.87. The number of rotatable bonds is 3. The maximum Gasteiger partial charge on any atom is 0.145 e. The molecule has 3 N–H and O–H groups in total. The smallest absolute Gasteiger partial charge is 0.145 e. The molecule has 0 saturated carbocycles. The van der Waals surface area contributed by atoms with Gasteiger partial charge in [0.15, 0.2) is 0 Å². The zero-order chi connectivity index (χ0) is 13.9. The van der Waals surface area contributed by atoms with Crippen LogP contribution >= 0.6 is 12.2 Å². The molecule has 0 fully saturated rings. The van der Waals surface area contributed by atoms with Crippen molar-refractivity contribution in [3.63, 3.8) is 0 Å². The highest BCUT2D eigenvalue weighted by molar-refractivity contribution is 7.80. The van der Waals surface area contributed by atoms with E-state index in [0.717, 1.165) is 18.7 Å². The molecule has 0 bridgehead atoms. The first-order chi connectivity index (χ1) is 9.74. The summed E-state index contributed by atoms with van der Waals surface area (Å²) in [5, 5.41) is 3.45. The summed E-state index contributed by atoms with van der Waals surface area (Å²) in [4.78, 5) is 8.80. The third-order valence-electron chi connectivity index (χ3n) is 3.60. The molecule has 20 heavy (non-hydrogen) atoms. The fourth-order valence-electron chi connectivity index (χ4n) is 2.61. The Balaban J connectivity index is 1.80. The summed E-state index contributed by atoms with van der Waals surface area (Å²) in [6.07, 6.45) is 6.74. The summed E-state index contributed by atoms with van der Waals surface area (Å²) in [6.45, 7) is 0. The Morgan fingerprint density at radius 1 is 1.25 bits per heavy atom. The van der Waals surface area contributed by atoms with E-state index in [0.29, 0.717) is 11.7 Å². The second kappa shape index (κ2) is 5.54. The maximum atomic E-state index is 5.52. The Morgan fingerprint density at radius 2 is 2.10 bits per heavy atom. The van der Waals surface area contributed by atoms with Gasteiger partial charge >= 0.3 is 0 Å². The Bertz CT molecular complexity index is 624. The van der Waals surface area contributed by atoms with E-state index in [2.05, 4.69) is 39.6 Å². The zero-order valence-corrected chi connectivity index (χ0v) is 11.9. The molecule has 0 aliphatic heterocycles. The third-order valence-corrected chi connectivity index (χ3v) is 3.80. The van der Waals surface area contributed by atoms with Crippen LogP contribution in [0.1, 0.15) is 35.7 Å². The van der Waals surface area contributed by atoms with Crippen LogP contribution in [0.3, 0.4) is 0 Å². The highest BCUT2D eigenvalue weighted by Gasteiger charge is 2.19. The lowest BCUT2D eigenvalue weighted by molar-refractivity contribution is 0.598. The number of nitrogens with two attached hydrogens (primary N) is 1. The normalized spacial score (nSPS) is 17.3. The minimum absolute atomic E-state index is 0.270. The average molecular weight is 284 g/mol. The topological polar surface area (TPSA) is 63.8 Å². The summed E-state index contributed by atoms with van der Waals surface area (Å²) in [5.74, 6) is 0.756. The van der Waals surface area contributed by atoms with Gasteiger partial charge in [0, 0.05) is 0 Å². The predicted molar refractivity (Wildman–Crippen MR) is 83.7 cm³/mol. The van der Waals surface area contributed by atoms with E-state index >= 15 is 0 Å². The largest absolute Gasteiger partial charge is 0.388 e. The standard InChI is InChI=1S/C15H16N4S/c16-15(20)13-8-18-14(9-17-13)19-12-7-3-5-10-4-1-2-6-11(10)12/h1-2,4,6,8-9,12H,3,5,7H2,(H2,16,20)(H,18,19). The molecule has 1 heterocycles. The molecule has 1 aromatic heterocycles. The van der Waals surface area contributed by atoms with Crippen LogP contribution in [-0.4, -0.2) is 15.0 Å². The van der Waals surface area contributed by atoms with Gasteiger partial charge in [-0.1, -0.05) is 36.5 Å². The fourth-order valence-corrected chi connectivity index (χ4v) is 2.72. The monoisotopic (exact) mass is 284 g/mol. The number of nitrogens with one attached hydrogen (secondary N) is 1. The van der Waals surface area contributed by atoms with Gasteiger partial charge in [0.25, 0.3) is 0 Å². The van der Waals surface area contributed by atoms with Crippen LogP contribution in [0.5, 0.6) is 0 Å². The van der Waals surface area contributed by atoms with Crippen molar-refractivity contribution in [3.8, 4) is 0 Å². The Hall–Kier alpha value is -2.01. The number of hydrogen-bond donors (Lipinski definition) is 2. The third kappa shape index (κ3) is 2.63. The molecule has 3 rings (SSSR count). The Kier molecular flexibility index (Phi) is 3.60. The second-order valence-corrected chi connectivity index (χ2v) is 5.38. The second-order valence-electron chi connectivity index (χ2n) is 4.94. The van der Waals surface area contributed by atoms with Gasteiger partial charge in [-0.3, -0.25) is 0 Å². The summed E-state index contributed by atoms with van der Waals surface area (Å²) in [7, 11) is 0. The van der Waals surface area contributed by atoms with Gasteiger partial charge in [0.05, 0.1) is 18.4 Å². The molecule has 1 unspecified atom stereocenters. The van der Waals surface area contributed by atoms with Crippen LogP contribution < -0.4 is 11.1 Å². The highest BCUT2D eigenvalue weighted by Crippen LogP contribution is 2.31. The number of hydrogen-bond acceptors (Lipinski definition) is 4. The van der Waals surface area contributed by atoms with Crippen molar-refractivity contribution in [1.29, 1.82) is 0 Å². The van der Waals surface area contributed by atoms with E-state index in [9.17, 15) is 0 Å². The molecule has 1 aliphatic carbocycles. The first-order valence-electron chi connectivity index (χ1n) is 6.70. The minimum atomic E-state index is 0.270. The van der Waals surface area contributed by atoms with Crippen LogP contribution in [0.4, 0.5) is 5.82 Å². The lowest BCUT2D eigenvalue weighted by Crippen LogP contribution is -2.18. The van der Waals surface area contributed by atoms with Crippen LogP contribution in [0.2, 0.25) is 0 Å². The summed E-state index contributed by atoms with van der Waals surface area (Å²) < 4.78 is 0. The molecule has 0 amide bonds. The van der Waals surface area contributed by atoms with Crippen molar-refractivity contribution in [1.82, 2.24) is 9.97 Å².